The molecular formula is C11H19FN2S. The molecule has 0 aromatic carbocycles. The van der Waals surface area contributed by atoms with Gasteiger partial charge in [-0.15, -0.1) is 11.3 Å². The van der Waals surface area contributed by atoms with Crippen molar-refractivity contribution in [3.63, 3.8) is 0 Å². The van der Waals surface area contributed by atoms with Gasteiger partial charge in [0.25, 0.3) is 0 Å². The van der Waals surface area contributed by atoms with Crippen LogP contribution in [0.5, 0.6) is 0 Å². The van der Waals surface area contributed by atoms with E-state index in [1.807, 2.05) is 6.20 Å². The van der Waals surface area contributed by atoms with E-state index in [0.29, 0.717) is 12.3 Å². The third kappa shape index (κ3) is 5.23. The molecule has 1 heterocycles. The number of hydrogen-bond acceptors (Lipinski definition) is 3. The van der Waals surface area contributed by atoms with Crippen molar-refractivity contribution in [2.75, 3.05) is 13.2 Å². The van der Waals surface area contributed by atoms with Crippen LogP contribution in [0, 0.1) is 5.92 Å². The average molecular weight is 230 g/mol. The van der Waals surface area contributed by atoms with Gasteiger partial charge in [0.2, 0.25) is 0 Å². The van der Waals surface area contributed by atoms with Gasteiger partial charge in [-0.25, -0.2) is 4.98 Å². The minimum absolute atomic E-state index is 0.242. The first-order chi connectivity index (χ1) is 7.22. The van der Waals surface area contributed by atoms with Gasteiger partial charge in [0.15, 0.2) is 0 Å². The van der Waals surface area contributed by atoms with Crippen molar-refractivity contribution in [1.82, 2.24) is 10.3 Å². The maximum atomic E-state index is 11.8. The first kappa shape index (κ1) is 12.6. The van der Waals surface area contributed by atoms with E-state index in [4.69, 9.17) is 0 Å². The Morgan fingerprint density at radius 3 is 3.00 bits per heavy atom. The molecule has 4 heteroatoms. The van der Waals surface area contributed by atoms with Crippen LogP contribution in [-0.2, 0) is 13.0 Å². The molecule has 0 fully saturated rings. The summed E-state index contributed by atoms with van der Waals surface area (Å²) in [7, 11) is 0. The molecule has 0 amide bonds. The highest BCUT2D eigenvalue weighted by Crippen LogP contribution is 2.16. The average Bonchev–Trinajstić information content (AvgIpc) is 2.59. The summed E-state index contributed by atoms with van der Waals surface area (Å²) in [5.74, 6) is 0.656. The van der Waals surface area contributed by atoms with E-state index >= 15 is 0 Å². The Kier molecular flexibility index (Phi) is 5.79. The molecule has 0 bridgehead atoms. The Morgan fingerprint density at radius 2 is 2.33 bits per heavy atom. The Balaban J connectivity index is 2.26. The van der Waals surface area contributed by atoms with Crippen molar-refractivity contribution in [1.29, 1.82) is 0 Å². The smallest absolute Gasteiger partial charge is 0.0930 e. The Morgan fingerprint density at radius 1 is 1.53 bits per heavy atom. The first-order valence-electron chi connectivity index (χ1n) is 5.42. The van der Waals surface area contributed by atoms with Gasteiger partial charge in [-0.05, 0) is 18.9 Å². The number of nitrogens with zero attached hydrogens (tertiary/aromatic N) is 1. The molecule has 2 nitrogen and oxygen atoms in total. The number of halogens is 1. The number of alkyl halides is 1. The molecule has 1 N–H and O–H groups in total. The molecule has 15 heavy (non-hydrogen) atoms. The van der Waals surface area contributed by atoms with E-state index in [-0.39, 0.29) is 6.67 Å². The molecule has 0 spiro atoms. The maximum Gasteiger partial charge on any atom is 0.0930 e. The van der Waals surface area contributed by atoms with Crippen LogP contribution in [0.3, 0.4) is 0 Å². The second-order valence-electron chi connectivity index (χ2n) is 4.04. The highest BCUT2D eigenvalue weighted by molar-refractivity contribution is 7.11. The van der Waals surface area contributed by atoms with Gasteiger partial charge in [0, 0.05) is 24.0 Å². The fraction of sp³-hybridized carbons (Fsp3) is 0.727. The predicted molar refractivity (Wildman–Crippen MR) is 63.0 cm³/mol. The van der Waals surface area contributed by atoms with E-state index in [0.717, 1.165) is 19.5 Å². The highest BCUT2D eigenvalue weighted by Gasteiger charge is 2.03. The summed E-state index contributed by atoms with van der Waals surface area (Å²) in [5.41, 5.74) is 0. The van der Waals surface area contributed by atoms with Gasteiger partial charge in [-0.3, -0.25) is 4.39 Å². The SMILES string of the molecule is CC(C)Cc1ncc(CNCCCF)s1. The zero-order valence-electron chi connectivity index (χ0n) is 9.42. The normalized spacial score (nSPS) is 11.2. The summed E-state index contributed by atoms with van der Waals surface area (Å²) in [4.78, 5) is 5.60. The molecule has 0 atom stereocenters. The molecule has 0 radical (unpaired) electrons. The van der Waals surface area contributed by atoms with Crippen LogP contribution >= 0.6 is 11.3 Å². The standard InChI is InChI=1S/C11H19FN2S/c1-9(2)6-11-14-8-10(15-11)7-13-5-3-4-12/h8-9,13H,3-7H2,1-2H3. The lowest BCUT2D eigenvalue weighted by atomic mass is 10.1. The van der Waals surface area contributed by atoms with Crippen molar-refractivity contribution >= 4 is 11.3 Å². The van der Waals surface area contributed by atoms with E-state index in [9.17, 15) is 4.39 Å². The lowest BCUT2D eigenvalue weighted by molar-refractivity contribution is 0.459. The fourth-order valence-electron chi connectivity index (χ4n) is 1.28. The Bertz CT molecular complexity index is 273. The van der Waals surface area contributed by atoms with Crippen LogP contribution in [0.15, 0.2) is 6.20 Å². The van der Waals surface area contributed by atoms with Gasteiger partial charge in [0.05, 0.1) is 11.7 Å². The van der Waals surface area contributed by atoms with E-state index in [1.165, 1.54) is 9.88 Å². The predicted octanol–water partition coefficient (Wildman–Crippen LogP) is 2.79. The summed E-state index contributed by atoms with van der Waals surface area (Å²) < 4.78 is 11.8. The van der Waals surface area contributed by atoms with Gasteiger partial charge in [0.1, 0.15) is 0 Å². The molecule has 86 valence electrons. The third-order valence-corrected chi connectivity index (χ3v) is 2.99. The van der Waals surface area contributed by atoms with E-state index < -0.39 is 0 Å². The first-order valence-corrected chi connectivity index (χ1v) is 6.24. The molecule has 0 aliphatic carbocycles. The summed E-state index contributed by atoms with van der Waals surface area (Å²) in [6, 6.07) is 0. The van der Waals surface area contributed by atoms with Crippen molar-refractivity contribution < 1.29 is 4.39 Å². The van der Waals surface area contributed by atoms with Gasteiger partial charge >= 0.3 is 0 Å². The molecular weight excluding hydrogens is 211 g/mol. The quantitative estimate of drug-likeness (QED) is 0.729. The van der Waals surface area contributed by atoms with E-state index in [2.05, 4.69) is 24.1 Å². The second kappa shape index (κ2) is 6.90. The maximum absolute atomic E-state index is 11.8. The summed E-state index contributed by atoms with van der Waals surface area (Å²) >= 11 is 1.75. The Hall–Kier alpha value is -0.480. The number of thiazole rings is 1. The van der Waals surface area contributed by atoms with E-state index in [1.54, 1.807) is 11.3 Å². The lowest BCUT2D eigenvalue weighted by Gasteiger charge is -2.00. The van der Waals surface area contributed by atoms with Crippen molar-refractivity contribution in [3.05, 3.63) is 16.1 Å². The molecule has 0 saturated heterocycles. The van der Waals surface area contributed by atoms with Crippen LogP contribution in [0.2, 0.25) is 0 Å². The number of rotatable bonds is 7. The minimum atomic E-state index is -0.242. The van der Waals surface area contributed by atoms with Gasteiger partial charge in [-0.1, -0.05) is 13.8 Å². The topological polar surface area (TPSA) is 24.9 Å². The monoisotopic (exact) mass is 230 g/mol. The third-order valence-electron chi connectivity index (χ3n) is 1.97. The summed E-state index contributed by atoms with van der Waals surface area (Å²) in [5, 5.41) is 4.40. The summed E-state index contributed by atoms with van der Waals surface area (Å²) in [6.07, 6.45) is 3.57. The number of aromatic nitrogens is 1. The van der Waals surface area contributed by atoms with Crippen molar-refractivity contribution in [2.24, 2.45) is 5.92 Å². The molecule has 1 rings (SSSR count). The molecule has 0 aliphatic rings. The molecule has 1 aromatic rings. The van der Waals surface area contributed by atoms with Gasteiger partial charge < -0.3 is 5.32 Å². The summed E-state index contributed by atoms with van der Waals surface area (Å²) in [6.45, 7) is 5.71. The number of hydrogen-bond donors (Lipinski definition) is 1. The zero-order chi connectivity index (χ0) is 11.1. The molecule has 0 saturated carbocycles. The zero-order valence-corrected chi connectivity index (χ0v) is 10.2. The van der Waals surface area contributed by atoms with Crippen LogP contribution < -0.4 is 5.32 Å². The fourth-order valence-corrected chi connectivity index (χ4v) is 2.38. The molecule has 1 aromatic heterocycles. The van der Waals surface area contributed by atoms with Crippen LogP contribution in [0.1, 0.15) is 30.2 Å². The highest BCUT2D eigenvalue weighted by atomic mass is 32.1. The van der Waals surface area contributed by atoms with Crippen LogP contribution in [0.25, 0.3) is 0 Å². The molecule has 0 aliphatic heterocycles. The van der Waals surface area contributed by atoms with Crippen LogP contribution in [0.4, 0.5) is 4.39 Å². The largest absolute Gasteiger partial charge is 0.312 e. The van der Waals surface area contributed by atoms with Crippen molar-refractivity contribution in [2.45, 2.75) is 33.2 Å². The Labute approximate surface area is 94.9 Å². The second-order valence-corrected chi connectivity index (χ2v) is 5.24. The van der Waals surface area contributed by atoms with Crippen molar-refractivity contribution in [3.8, 4) is 0 Å². The number of nitrogens with one attached hydrogen (secondary N) is 1. The lowest BCUT2D eigenvalue weighted by Crippen LogP contribution is -2.14. The molecule has 0 unspecified atom stereocenters. The van der Waals surface area contributed by atoms with Gasteiger partial charge in [-0.2, -0.15) is 0 Å². The minimum Gasteiger partial charge on any atom is -0.312 e. The van der Waals surface area contributed by atoms with Crippen LogP contribution in [-0.4, -0.2) is 18.2 Å².